The molecule has 7 nitrogen and oxygen atoms in total. The van der Waals surface area contributed by atoms with Crippen molar-refractivity contribution in [1.82, 2.24) is 14.9 Å². The highest BCUT2D eigenvalue weighted by Crippen LogP contribution is 2.18. The smallest absolute Gasteiger partial charge is 0.220 e. The van der Waals surface area contributed by atoms with Gasteiger partial charge in [0.25, 0.3) is 0 Å². The molecular weight excluding hydrogens is 332 g/mol. The Kier molecular flexibility index (Phi) is 6.23. The molecule has 1 N–H and O–H groups in total. The van der Waals surface area contributed by atoms with Crippen LogP contribution < -0.4 is 10.1 Å². The Morgan fingerprint density at radius 3 is 3.00 bits per heavy atom. The molecule has 2 aromatic rings. The minimum atomic E-state index is -0.241. The van der Waals surface area contributed by atoms with Crippen molar-refractivity contribution in [2.75, 3.05) is 13.2 Å². The zero-order valence-corrected chi connectivity index (χ0v) is 14.5. The second-order valence-electron chi connectivity index (χ2n) is 6.23. The second-order valence-corrected chi connectivity index (χ2v) is 6.23. The summed E-state index contributed by atoms with van der Waals surface area (Å²) in [6, 6.07) is 8.94. The van der Waals surface area contributed by atoms with Gasteiger partial charge in [0.05, 0.1) is 30.6 Å². The van der Waals surface area contributed by atoms with Gasteiger partial charge in [-0.3, -0.25) is 4.79 Å². The molecule has 0 unspecified atom stereocenters. The van der Waals surface area contributed by atoms with Crippen LogP contribution in [-0.2, 0) is 16.1 Å². The third kappa shape index (κ3) is 5.07. The molecule has 1 saturated heterocycles. The summed E-state index contributed by atoms with van der Waals surface area (Å²) >= 11 is 0. The van der Waals surface area contributed by atoms with Crippen molar-refractivity contribution in [2.24, 2.45) is 0 Å². The quantitative estimate of drug-likeness (QED) is 0.820. The number of hydrogen-bond donors (Lipinski definition) is 1. The van der Waals surface area contributed by atoms with Crippen molar-refractivity contribution in [3.05, 3.63) is 48.5 Å². The van der Waals surface area contributed by atoms with Crippen LogP contribution in [0.4, 0.5) is 0 Å². The van der Waals surface area contributed by atoms with Gasteiger partial charge in [-0.1, -0.05) is 0 Å². The maximum atomic E-state index is 12.3. The monoisotopic (exact) mass is 354 g/mol. The van der Waals surface area contributed by atoms with Crippen molar-refractivity contribution < 1.29 is 14.3 Å². The number of aryl methyl sites for hydroxylation is 1. The zero-order valence-electron chi connectivity index (χ0n) is 14.5. The Bertz CT molecular complexity index is 737. The minimum Gasteiger partial charge on any atom is -0.486 e. The van der Waals surface area contributed by atoms with Gasteiger partial charge in [-0.25, -0.2) is 4.98 Å². The molecule has 0 saturated carbocycles. The average molecular weight is 354 g/mol. The van der Waals surface area contributed by atoms with E-state index < -0.39 is 0 Å². The fraction of sp³-hybridized carbons (Fsp3) is 0.421. The summed E-state index contributed by atoms with van der Waals surface area (Å²) in [6.07, 6.45) is 7.05. The summed E-state index contributed by atoms with van der Waals surface area (Å²) in [6.45, 7) is 1.81. The molecule has 0 spiro atoms. The first-order chi connectivity index (χ1) is 12.7. The van der Waals surface area contributed by atoms with E-state index in [9.17, 15) is 4.79 Å². The van der Waals surface area contributed by atoms with E-state index in [1.807, 2.05) is 10.8 Å². The SMILES string of the molecule is N#Cc1ccc(O[C@@H]2COCC[C@H]2NC(=O)CCCn2ccnc2)cc1. The lowest BCUT2D eigenvalue weighted by Gasteiger charge is -2.32. The number of nitrogens with zero attached hydrogens (tertiary/aromatic N) is 3. The minimum absolute atomic E-state index is 0.0189. The standard InChI is InChI=1S/C19H22N4O3/c20-12-15-3-5-16(6-4-15)26-18-13-25-11-7-17(18)22-19(24)2-1-9-23-10-8-21-14-23/h3-6,8,10,14,17-18H,1-2,7,9,11,13H2,(H,22,24)/t17-,18-/m1/s1. The van der Waals surface area contributed by atoms with Gasteiger partial charge in [0.15, 0.2) is 0 Å². The summed E-state index contributed by atoms with van der Waals surface area (Å²) < 4.78 is 13.4. The maximum Gasteiger partial charge on any atom is 0.220 e. The van der Waals surface area contributed by atoms with Gasteiger partial charge in [0.1, 0.15) is 11.9 Å². The number of carbonyl (C=O) groups is 1. The number of benzene rings is 1. The third-order valence-corrected chi connectivity index (χ3v) is 4.30. The van der Waals surface area contributed by atoms with Gasteiger partial charge in [-0.15, -0.1) is 0 Å². The van der Waals surface area contributed by atoms with E-state index >= 15 is 0 Å². The van der Waals surface area contributed by atoms with Crippen LogP contribution in [0, 0.1) is 11.3 Å². The molecule has 1 aliphatic rings. The predicted octanol–water partition coefficient (Wildman–Crippen LogP) is 1.89. The molecule has 1 amide bonds. The molecule has 1 aromatic heterocycles. The van der Waals surface area contributed by atoms with E-state index in [1.54, 1.807) is 36.8 Å². The molecular formula is C19H22N4O3. The van der Waals surface area contributed by atoms with E-state index in [0.717, 1.165) is 13.0 Å². The van der Waals surface area contributed by atoms with Gasteiger partial charge >= 0.3 is 0 Å². The highest BCUT2D eigenvalue weighted by molar-refractivity contribution is 5.76. The predicted molar refractivity (Wildman–Crippen MR) is 94.4 cm³/mol. The number of nitriles is 1. The highest BCUT2D eigenvalue weighted by atomic mass is 16.5. The number of nitrogens with one attached hydrogen (secondary N) is 1. The molecule has 1 fully saturated rings. The largest absolute Gasteiger partial charge is 0.486 e. The molecule has 1 aromatic carbocycles. The number of carbonyl (C=O) groups excluding carboxylic acids is 1. The number of aromatic nitrogens is 2. The summed E-state index contributed by atoms with van der Waals surface area (Å²) in [5.41, 5.74) is 0.583. The van der Waals surface area contributed by atoms with Gasteiger partial charge in [-0.2, -0.15) is 5.26 Å². The van der Waals surface area contributed by atoms with Gasteiger partial charge in [0, 0.05) is 32.0 Å². The Morgan fingerprint density at radius 1 is 1.42 bits per heavy atom. The fourth-order valence-corrected chi connectivity index (χ4v) is 2.90. The van der Waals surface area contributed by atoms with E-state index in [0.29, 0.717) is 37.4 Å². The lowest BCUT2D eigenvalue weighted by Crippen LogP contribution is -2.51. The first-order valence-corrected chi connectivity index (χ1v) is 8.74. The number of hydrogen-bond acceptors (Lipinski definition) is 5. The van der Waals surface area contributed by atoms with Crippen molar-refractivity contribution in [3.8, 4) is 11.8 Å². The number of rotatable bonds is 7. The van der Waals surface area contributed by atoms with E-state index in [2.05, 4.69) is 16.4 Å². The van der Waals surface area contributed by atoms with Crippen molar-refractivity contribution in [2.45, 2.75) is 38.0 Å². The molecule has 0 bridgehead atoms. The van der Waals surface area contributed by atoms with Crippen LogP contribution in [0.25, 0.3) is 0 Å². The average Bonchev–Trinajstić information content (AvgIpc) is 3.17. The molecule has 2 heterocycles. The molecule has 26 heavy (non-hydrogen) atoms. The Labute approximate surface area is 152 Å². The summed E-state index contributed by atoms with van der Waals surface area (Å²) in [4.78, 5) is 16.2. The molecule has 0 radical (unpaired) electrons. The van der Waals surface area contributed by atoms with Crippen molar-refractivity contribution >= 4 is 5.91 Å². The second kappa shape index (κ2) is 9.02. The van der Waals surface area contributed by atoms with Gasteiger partial charge in [-0.05, 0) is 37.1 Å². The molecule has 1 aliphatic heterocycles. The normalized spacial score (nSPS) is 19.5. The first-order valence-electron chi connectivity index (χ1n) is 8.74. The Morgan fingerprint density at radius 2 is 2.27 bits per heavy atom. The van der Waals surface area contributed by atoms with Gasteiger partial charge in [0.2, 0.25) is 5.91 Å². The van der Waals surface area contributed by atoms with Crippen molar-refractivity contribution in [1.29, 1.82) is 5.26 Å². The Balaban J connectivity index is 1.49. The van der Waals surface area contributed by atoms with Crippen LogP contribution in [0.1, 0.15) is 24.8 Å². The zero-order chi connectivity index (χ0) is 18.2. The molecule has 3 rings (SSSR count). The summed E-state index contributed by atoms with van der Waals surface area (Å²) in [7, 11) is 0. The maximum absolute atomic E-state index is 12.3. The van der Waals surface area contributed by atoms with E-state index in [4.69, 9.17) is 14.7 Å². The van der Waals surface area contributed by atoms with Crippen LogP contribution in [0.3, 0.4) is 0 Å². The van der Waals surface area contributed by atoms with Gasteiger partial charge < -0.3 is 19.4 Å². The van der Waals surface area contributed by atoms with Crippen LogP contribution in [-0.4, -0.2) is 40.8 Å². The summed E-state index contributed by atoms with van der Waals surface area (Å²) in [5.74, 6) is 0.685. The van der Waals surface area contributed by atoms with Crippen LogP contribution in [0.5, 0.6) is 5.75 Å². The number of ether oxygens (including phenoxy) is 2. The molecule has 0 aliphatic carbocycles. The molecule has 136 valence electrons. The lowest BCUT2D eigenvalue weighted by molar-refractivity contribution is -0.124. The van der Waals surface area contributed by atoms with Crippen LogP contribution in [0.2, 0.25) is 0 Å². The Hall–Kier alpha value is -2.85. The van der Waals surface area contributed by atoms with E-state index in [-0.39, 0.29) is 18.1 Å². The van der Waals surface area contributed by atoms with Crippen LogP contribution in [0.15, 0.2) is 43.0 Å². The lowest BCUT2D eigenvalue weighted by atomic mass is 10.1. The third-order valence-electron chi connectivity index (χ3n) is 4.30. The van der Waals surface area contributed by atoms with Crippen LogP contribution >= 0.6 is 0 Å². The van der Waals surface area contributed by atoms with E-state index in [1.165, 1.54) is 0 Å². The van der Waals surface area contributed by atoms with Crippen molar-refractivity contribution in [3.63, 3.8) is 0 Å². The fourth-order valence-electron chi connectivity index (χ4n) is 2.90. The molecule has 2 atom stereocenters. The number of imidazole rings is 1. The first kappa shape index (κ1) is 18.0. The summed E-state index contributed by atoms with van der Waals surface area (Å²) in [5, 5.41) is 11.9. The topological polar surface area (TPSA) is 89.2 Å². The number of amides is 1. The molecule has 7 heteroatoms. The highest BCUT2D eigenvalue weighted by Gasteiger charge is 2.28.